The Morgan fingerprint density at radius 3 is 3.20 bits per heavy atom. The quantitative estimate of drug-likeness (QED) is 0.937. The molecule has 1 atom stereocenters. The third-order valence-corrected chi connectivity index (χ3v) is 4.48. The summed E-state index contributed by atoms with van der Waals surface area (Å²) in [6.45, 7) is 1.41. The molecule has 1 aliphatic heterocycles. The summed E-state index contributed by atoms with van der Waals surface area (Å²) in [5.74, 6) is 1.17. The zero-order valence-corrected chi connectivity index (χ0v) is 11.9. The highest BCUT2D eigenvalue weighted by Crippen LogP contribution is 2.26. The fourth-order valence-electron chi connectivity index (χ4n) is 2.59. The van der Waals surface area contributed by atoms with E-state index in [2.05, 4.69) is 9.88 Å². The molecule has 3 heterocycles. The summed E-state index contributed by atoms with van der Waals surface area (Å²) >= 11 is 1.62. The van der Waals surface area contributed by atoms with Gasteiger partial charge in [-0.2, -0.15) is 0 Å². The number of aromatic nitrogens is 1. The van der Waals surface area contributed by atoms with Gasteiger partial charge in [0.05, 0.1) is 23.7 Å². The first-order valence-electron chi connectivity index (χ1n) is 6.76. The van der Waals surface area contributed by atoms with Crippen LogP contribution in [0.5, 0.6) is 0 Å². The highest BCUT2D eigenvalue weighted by molar-refractivity contribution is 7.13. The average molecular weight is 291 g/mol. The monoisotopic (exact) mass is 291 g/mol. The molecular weight excluding hydrogens is 274 g/mol. The summed E-state index contributed by atoms with van der Waals surface area (Å²) < 4.78 is 5.76. The van der Waals surface area contributed by atoms with Gasteiger partial charge in [-0.1, -0.05) is 12.5 Å². The first kappa shape index (κ1) is 13.3. The molecule has 106 valence electrons. The highest BCUT2D eigenvalue weighted by Gasteiger charge is 2.28. The van der Waals surface area contributed by atoms with Crippen LogP contribution >= 0.6 is 11.3 Å². The second-order valence-electron chi connectivity index (χ2n) is 4.98. The van der Waals surface area contributed by atoms with E-state index in [1.165, 1.54) is 0 Å². The number of hydrogen-bond acceptors (Lipinski definition) is 5. The molecule has 0 bridgehead atoms. The number of oxazole rings is 1. The van der Waals surface area contributed by atoms with Crippen molar-refractivity contribution in [3.8, 4) is 10.6 Å². The lowest BCUT2D eigenvalue weighted by atomic mass is 10.0. The first-order chi connectivity index (χ1) is 9.74. The summed E-state index contributed by atoms with van der Waals surface area (Å²) in [5, 5.41) is 2.01. The Bertz CT molecular complexity index is 579. The predicted octanol–water partition coefficient (Wildman–Crippen LogP) is 2.24. The van der Waals surface area contributed by atoms with Crippen LogP contribution in [0.15, 0.2) is 28.1 Å². The Labute approximate surface area is 121 Å². The smallest absolute Gasteiger partial charge is 0.234 e. The number of piperidine rings is 1. The van der Waals surface area contributed by atoms with Gasteiger partial charge in [0.1, 0.15) is 0 Å². The maximum atomic E-state index is 11.5. The summed E-state index contributed by atoms with van der Waals surface area (Å²) in [6, 6.07) is 3.79. The minimum Gasteiger partial charge on any atom is -0.438 e. The first-order valence-corrected chi connectivity index (χ1v) is 7.64. The number of amides is 1. The number of primary amides is 1. The fraction of sp³-hybridized carbons (Fsp3) is 0.429. The Morgan fingerprint density at radius 2 is 2.45 bits per heavy atom. The second-order valence-corrected chi connectivity index (χ2v) is 5.93. The predicted molar refractivity (Wildman–Crippen MR) is 77.1 cm³/mol. The van der Waals surface area contributed by atoms with E-state index in [1.54, 1.807) is 17.5 Å². The number of carbonyl (C=O) groups excluding carboxylic acids is 1. The molecule has 1 fully saturated rings. The minimum absolute atomic E-state index is 0.194. The number of nitrogens with zero attached hydrogens (tertiary/aromatic N) is 2. The number of thiophene rings is 1. The van der Waals surface area contributed by atoms with Crippen molar-refractivity contribution in [1.29, 1.82) is 0 Å². The van der Waals surface area contributed by atoms with E-state index in [0.717, 1.165) is 36.4 Å². The van der Waals surface area contributed by atoms with Gasteiger partial charge in [0, 0.05) is 0 Å². The van der Waals surface area contributed by atoms with Crippen molar-refractivity contribution in [3.05, 3.63) is 29.6 Å². The van der Waals surface area contributed by atoms with Crippen LogP contribution < -0.4 is 5.73 Å². The summed E-state index contributed by atoms with van der Waals surface area (Å²) in [4.78, 5) is 18.9. The van der Waals surface area contributed by atoms with Crippen LogP contribution in [0.1, 0.15) is 25.2 Å². The van der Waals surface area contributed by atoms with Crippen molar-refractivity contribution >= 4 is 17.2 Å². The average Bonchev–Trinajstić information content (AvgIpc) is 3.09. The lowest BCUT2D eigenvalue weighted by Gasteiger charge is -2.32. The fourth-order valence-corrected chi connectivity index (χ4v) is 3.26. The van der Waals surface area contributed by atoms with Gasteiger partial charge in [-0.25, -0.2) is 4.98 Å². The molecule has 20 heavy (non-hydrogen) atoms. The van der Waals surface area contributed by atoms with Gasteiger partial charge in [-0.15, -0.1) is 11.3 Å². The van der Waals surface area contributed by atoms with E-state index in [0.29, 0.717) is 12.4 Å². The van der Waals surface area contributed by atoms with E-state index in [4.69, 9.17) is 10.2 Å². The van der Waals surface area contributed by atoms with Gasteiger partial charge in [-0.3, -0.25) is 9.69 Å². The summed E-state index contributed by atoms with van der Waals surface area (Å²) in [5.41, 5.74) is 5.46. The van der Waals surface area contributed by atoms with E-state index in [-0.39, 0.29) is 11.9 Å². The SMILES string of the molecule is NC(=O)C1CCCCN1Cc1ncc(-c2cccs2)o1. The molecule has 3 rings (SSSR count). The van der Waals surface area contributed by atoms with E-state index in [9.17, 15) is 4.79 Å². The third kappa shape index (κ3) is 2.76. The zero-order chi connectivity index (χ0) is 13.9. The van der Waals surface area contributed by atoms with Crippen LogP contribution in [0.2, 0.25) is 0 Å². The van der Waals surface area contributed by atoms with E-state index >= 15 is 0 Å². The third-order valence-electron chi connectivity index (χ3n) is 3.60. The molecule has 5 nitrogen and oxygen atoms in total. The molecule has 0 aromatic carbocycles. The van der Waals surface area contributed by atoms with Crippen molar-refractivity contribution in [3.63, 3.8) is 0 Å². The Kier molecular flexibility index (Phi) is 3.84. The van der Waals surface area contributed by atoms with E-state index in [1.807, 2.05) is 17.5 Å². The molecule has 2 aromatic rings. The molecule has 0 radical (unpaired) electrons. The number of rotatable bonds is 4. The number of carbonyl (C=O) groups is 1. The van der Waals surface area contributed by atoms with Crippen LogP contribution in [-0.2, 0) is 11.3 Å². The molecule has 0 spiro atoms. The lowest BCUT2D eigenvalue weighted by molar-refractivity contribution is -0.124. The van der Waals surface area contributed by atoms with Crippen molar-refractivity contribution in [2.24, 2.45) is 5.73 Å². The molecule has 1 amide bonds. The zero-order valence-electron chi connectivity index (χ0n) is 11.1. The maximum absolute atomic E-state index is 11.5. The van der Waals surface area contributed by atoms with Crippen molar-refractivity contribution < 1.29 is 9.21 Å². The number of hydrogen-bond donors (Lipinski definition) is 1. The van der Waals surface area contributed by atoms with E-state index < -0.39 is 0 Å². The topological polar surface area (TPSA) is 72.4 Å². The van der Waals surface area contributed by atoms with Crippen LogP contribution in [0.25, 0.3) is 10.6 Å². The number of nitrogens with two attached hydrogens (primary N) is 1. The van der Waals surface area contributed by atoms with Crippen LogP contribution in [0.4, 0.5) is 0 Å². The standard InChI is InChI=1S/C14H17N3O2S/c15-14(18)10-4-1-2-6-17(10)9-13-16-8-11(19-13)12-5-3-7-20-12/h3,5,7-8,10H,1-2,4,6,9H2,(H2,15,18). The molecule has 2 aromatic heterocycles. The van der Waals surface area contributed by atoms with Gasteiger partial charge in [-0.05, 0) is 30.8 Å². The molecule has 1 saturated heterocycles. The van der Waals surface area contributed by atoms with Gasteiger partial charge in [0.15, 0.2) is 5.76 Å². The normalized spacial score (nSPS) is 20.1. The molecule has 0 saturated carbocycles. The van der Waals surface area contributed by atoms with Crippen LogP contribution in [-0.4, -0.2) is 28.4 Å². The van der Waals surface area contributed by atoms with Crippen molar-refractivity contribution in [1.82, 2.24) is 9.88 Å². The second kappa shape index (κ2) is 5.76. The maximum Gasteiger partial charge on any atom is 0.234 e. The molecule has 2 N–H and O–H groups in total. The minimum atomic E-state index is -0.255. The molecule has 1 unspecified atom stereocenters. The van der Waals surface area contributed by atoms with Crippen molar-refractivity contribution in [2.45, 2.75) is 31.8 Å². The van der Waals surface area contributed by atoms with Crippen LogP contribution in [0, 0.1) is 0 Å². The Morgan fingerprint density at radius 1 is 1.55 bits per heavy atom. The van der Waals surface area contributed by atoms with Gasteiger partial charge in [0.25, 0.3) is 0 Å². The highest BCUT2D eigenvalue weighted by atomic mass is 32.1. The van der Waals surface area contributed by atoms with Crippen molar-refractivity contribution in [2.75, 3.05) is 6.54 Å². The van der Waals surface area contributed by atoms with Crippen LogP contribution in [0.3, 0.4) is 0 Å². The van der Waals surface area contributed by atoms with Gasteiger partial charge >= 0.3 is 0 Å². The summed E-state index contributed by atoms with van der Waals surface area (Å²) in [6.07, 6.45) is 4.70. The Balaban J connectivity index is 1.72. The molecular formula is C14H17N3O2S. The number of likely N-dealkylation sites (tertiary alicyclic amines) is 1. The molecule has 1 aliphatic rings. The molecule has 0 aliphatic carbocycles. The summed E-state index contributed by atoms with van der Waals surface area (Å²) in [7, 11) is 0. The Hall–Kier alpha value is -1.66. The van der Waals surface area contributed by atoms with Gasteiger partial charge < -0.3 is 10.2 Å². The molecule has 6 heteroatoms. The lowest BCUT2D eigenvalue weighted by Crippen LogP contribution is -2.47. The van der Waals surface area contributed by atoms with Gasteiger partial charge in [0.2, 0.25) is 11.8 Å². The largest absolute Gasteiger partial charge is 0.438 e.